The molecule has 0 amide bonds. The molecule has 2 heterocycles. The maximum Gasteiger partial charge on any atom is 0.196 e. The first-order valence-corrected chi connectivity index (χ1v) is 11.1. The fourth-order valence-corrected chi connectivity index (χ4v) is 3.68. The third-order valence-corrected chi connectivity index (χ3v) is 5.39. The van der Waals surface area contributed by atoms with Gasteiger partial charge in [-0.25, -0.2) is 4.99 Å². The van der Waals surface area contributed by atoms with Crippen LogP contribution in [0.3, 0.4) is 0 Å². The van der Waals surface area contributed by atoms with Gasteiger partial charge in [-0.3, -0.25) is 4.90 Å². The molecule has 2 aromatic rings. The van der Waals surface area contributed by atoms with E-state index in [0.29, 0.717) is 32.3 Å². The maximum absolute atomic E-state index is 5.80. The number of terminal acetylenes is 1. The first-order valence-electron chi connectivity index (χ1n) is 11.1. The van der Waals surface area contributed by atoms with Crippen molar-refractivity contribution in [3.05, 3.63) is 53.6 Å². The zero-order valence-electron chi connectivity index (χ0n) is 18.7. The fourth-order valence-electron chi connectivity index (χ4n) is 3.68. The summed E-state index contributed by atoms with van der Waals surface area (Å²) in [4.78, 5) is 7.21. The second-order valence-corrected chi connectivity index (χ2v) is 7.72. The summed E-state index contributed by atoms with van der Waals surface area (Å²) in [6, 6.07) is 14.2. The number of morpholine rings is 1. The second kappa shape index (κ2) is 13.3. The topological polar surface area (TPSA) is 67.4 Å². The lowest BCUT2D eigenvalue weighted by molar-refractivity contribution is 0.0341. The molecule has 2 N–H and O–H groups in total. The minimum absolute atomic E-state index is 0. The summed E-state index contributed by atoms with van der Waals surface area (Å²) in [5.74, 6) is 4.73. The first kappa shape index (κ1) is 25.1. The standard InChI is InChI=1S/C25H30N4O3.HI/c1-2-10-26-25(28-22-8-9-23-24(17-22)32-14-5-13-31-23)27-18-20-6-3-4-7-21(20)19-29-11-15-30-16-12-29;/h1,3-4,6-9,17H,5,10-16,18-19H2,(H2,26,27,28);1H. The number of ether oxygens (including phenoxy) is 3. The predicted molar refractivity (Wildman–Crippen MR) is 142 cm³/mol. The highest BCUT2D eigenvalue weighted by Gasteiger charge is 2.14. The van der Waals surface area contributed by atoms with E-state index in [4.69, 9.17) is 25.6 Å². The molecular formula is C25H31IN4O3. The van der Waals surface area contributed by atoms with Crippen molar-refractivity contribution in [3.8, 4) is 23.8 Å². The number of fused-ring (bicyclic) bond motifs is 1. The lowest BCUT2D eigenvalue weighted by atomic mass is 10.1. The Morgan fingerprint density at radius 2 is 1.76 bits per heavy atom. The van der Waals surface area contributed by atoms with Gasteiger partial charge in [-0.2, -0.15) is 0 Å². The van der Waals surface area contributed by atoms with E-state index in [1.54, 1.807) is 0 Å². The van der Waals surface area contributed by atoms with Crippen molar-refractivity contribution < 1.29 is 14.2 Å². The van der Waals surface area contributed by atoms with E-state index in [2.05, 4.69) is 45.7 Å². The Hall–Kier alpha value is -2.48. The van der Waals surface area contributed by atoms with Crippen LogP contribution in [0.25, 0.3) is 0 Å². The van der Waals surface area contributed by atoms with Crippen LogP contribution >= 0.6 is 24.0 Å². The number of aliphatic imine (C=N–C) groups is 1. The lowest BCUT2D eigenvalue weighted by Gasteiger charge is -2.27. The molecule has 0 aliphatic carbocycles. The summed E-state index contributed by atoms with van der Waals surface area (Å²) in [6.45, 7) is 6.64. The Labute approximate surface area is 212 Å². The van der Waals surface area contributed by atoms with E-state index >= 15 is 0 Å². The van der Waals surface area contributed by atoms with Crippen molar-refractivity contribution >= 4 is 35.6 Å². The third kappa shape index (κ3) is 7.52. The van der Waals surface area contributed by atoms with Gasteiger partial charge >= 0.3 is 0 Å². The van der Waals surface area contributed by atoms with Gasteiger partial charge in [0.05, 0.1) is 39.5 Å². The molecule has 0 aromatic heterocycles. The molecule has 0 radical (unpaired) electrons. The molecule has 0 atom stereocenters. The molecule has 8 heteroatoms. The summed E-state index contributed by atoms with van der Waals surface area (Å²) in [6.07, 6.45) is 6.34. The Bertz CT molecular complexity index is 970. The Morgan fingerprint density at radius 1 is 1.00 bits per heavy atom. The molecule has 2 aliphatic rings. The summed E-state index contributed by atoms with van der Waals surface area (Å²) >= 11 is 0. The van der Waals surface area contributed by atoms with Crippen molar-refractivity contribution in [2.75, 3.05) is 51.4 Å². The SMILES string of the molecule is C#CCNC(=NCc1ccccc1CN1CCOCC1)Nc1ccc2c(c1)OCCCO2.I. The molecule has 2 aliphatic heterocycles. The van der Waals surface area contributed by atoms with Crippen LogP contribution in [0.15, 0.2) is 47.5 Å². The van der Waals surface area contributed by atoms with Gasteiger partial charge in [0, 0.05) is 37.8 Å². The van der Waals surface area contributed by atoms with Crippen LogP contribution in [0.2, 0.25) is 0 Å². The van der Waals surface area contributed by atoms with Gasteiger partial charge in [-0.1, -0.05) is 30.2 Å². The Balaban J connectivity index is 0.00000306. The summed E-state index contributed by atoms with van der Waals surface area (Å²) < 4.78 is 17.0. The molecule has 4 rings (SSSR count). The Morgan fingerprint density at radius 3 is 2.55 bits per heavy atom. The van der Waals surface area contributed by atoms with Crippen molar-refractivity contribution in [2.45, 2.75) is 19.5 Å². The Kier molecular flexibility index (Phi) is 10.1. The molecular weight excluding hydrogens is 531 g/mol. The zero-order chi connectivity index (χ0) is 22.0. The average molecular weight is 562 g/mol. The number of rotatable bonds is 6. The van der Waals surface area contributed by atoms with Crippen molar-refractivity contribution in [1.82, 2.24) is 10.2 Å². The van der Waals surface area contributed by atoms with Crippen LogP contribution in [0.1, 0.15) is 17.5 Å². The van der Waals surface area contributed by atoms with E-state index in [1.807, 2.05) is 18.2 Å². The summed E-state index contributed by atoms with van der Waals surface area (Å²) in [5, 5.41) is 6.52. The molecule has 176 valence electrons. The monoisotopic (exact) mass is 562 g/mol. The van der Waals surface area contributed by atoms with Gasteiger partial charge in [-0.15, -0.1) is 30.4 Å². The normalized spacial score (nSPS) is 16.2. The summed E-state index contributed by atoms with van der Waals surface area (Å²) in [5.41, 5.74) is 3.34. The van der Waals surface area contributed by atoms with Crippen LogP contribution in [-0.4, -0.2) is 56.9 Å². The molecule has 0 bridgehead atoms. The number of hydrogen-bond donors (Lipinski definition) is 2. The predicted octanol–water partition coefficient (Wildman–Crippen LogP) is 3.49. The number of hydrogen-bond acceptors (Lipinski definition) is 5. The van der Waals surface area contributed by atoms with Crippen LogP contribution in [0.4, 0.5) is 5.69 Å². The highest BCUT2D eigenvalue weighted by Crippen LogP contribution is 2.32. The average Bonchev–Trinajstić information content (AvgIpc) is 3.07. The van der Waals surface area contributed by atoms with Crippen LogP contribution < -0.4 is 20.1 Å². The smallest absolute Gasteiger partial charge is 0.196 e. The van der Waals surface area contributed by atoms with Gasteiger partial charge in [0.15, 0.2) is 17.5 Å². The van der Waals surface area contributed by atoms with Gasteiger partial charge in [0.25, 0.3) is 0 Å². The van der Waals surface area contributed by atoms with E-state index in [1.165, 1.54) is 11.1 Å². The third-order valence-electron chi connectivity index (χ3n) is 5.39. The van der Waals surface area contributed by atoms with Crippen LogP contribution in [-0.2, 0) is 17.8 Å². The van der Waals surface area contributed by atoms with Gasteiger partial charge < -0.3 is 24.8 Å². The maximum atomic E-state index is 5.80. The van der Waals surface area contributed by atoms with E-state index in [9.17, 15) is 0 Å². The van der Waals surface area contributed by atoms with Crippen LogP contribution in [0, 0.1) is 12.3 Å². The minimum Gasteiger partial charge on any atom is -0.490 e. The van der Waals surface area contributed by atoms with Gasteiger partial charge in [0.2, 0.25) is 0 Å². The second-order valence-electron chi connectivity index (χ2n) is 7.72. The largest absolute Gasteiger partial charge is 0.490 e. The zero-order valence-corrected chi connectivity index (χ0v) is 21.0. The number of nitrogens with zero attached hydrogens (tertiary/aromatic N) is 2. The van der Waals surface area contributed by atoms with E-state index < -0.39 is 0 Å². The van der Waals surface area contributed by atoms with Gasteiger partial charge in [-0.05, 0) is 23.3 Å². The minimum atomic E-state index is 0. The quantitative estimate of drug-likeness (QED) is 0.243. The van der Waals surface area contributed by atoms with Gasteiger partial charge in [0.1, 0.15) is 0 Å². The molecule has 33 heavy (non-hydrogen) atoms. The number of guanidine groups is 1. The molecule has 7 nitrogen and oxygen atoms in total. The number of benzene rings is 2. The highest BCUT2D eigenvalue weighted by molar-refractivity contribution is 14.0. The summed E-state index contributed by atoms with van der Waals surface area (Å²) in [7, 11) is 0. The van der Waals surface area contributed by atoms with Crippen LogP contribution in [0.5, 0.6) is 11.5 Å². The number of nitrogens with one attached hydrogen (secondary N) is 2. The molecule has 2 aromatic carbocycles. The van der Waals surface area contributed by atoms with Crippen molar-refractivity contribution in [3.63, 3.8) is 0 Å². The molecule has 1 saturated heterocycles. The molecule has 0 unspecified atom stereocenters. The highest BCUT2D eigenvalue weighted by atomic mass is 127. The fraction of sp³-hybridized carbons (Fsp3) is 0.400. The molecule has 0 saturated carbocycles. The number of halogens is 1. The molecule has 0 spiro atoms. The van der Waals surface area contributed by atoms with E-state index in [-0.39, 0.29) is 24.0 Å². The van der Waals surface area contributed by atoms with Crippen molar-refractivity contribution in [1.29, 1.82) is 0 Å². The molecule has 1 fully saturated rings. The van der Waals surface area contributed by atoms with Crippen molar-refractivity contribution in [2.24, 2.45) is 4.99 Å². The first-order chi connectivity index (χ1) is 15.8. The van der Waals surface area contributed by atoms with E-state index in [0.717, 1.165) is 56.5 Å². The lowest BCUT2D eigenvalue weighted by Crippen LogP contribution is -2.35. The number of anilines is 1.